The normalized spacial score (nSPS) is 40.0. The number of nitrogens with zero attached hydrogens (tertiary/aromatic N) is 3. The van der Waals surface area contributed by atoms with Gasteiger partial charge in [0.25, 0.3) is 0 Å². The van der Waals surface area contributed by atoms with E-state index >= 15 is 0 Å². The van der Waals surface area contributed by atoms with E-state index in [0.29, 0.717) is 13.0 Å². The molecule has 0 aliphatic carbocycles. The first-order chi connectivity index (χ1) is 24.7. The van der Waals surface area contributed by atoms with Crippen LogP contribution in [0.15, 0.2) is 36.5 Å². The van der Waals surface area contributed by atoms with Gasteiger partial charge in [0, 0.05) is 30.1 Å². The van der Waals surface area contributed by atoms with Crippen molar-refractivity contribution in [2.75, 3.05) is 27.7 Å². The maximum atomic E-state index is 13.8. The Morgan fingerprint density at radius 3 is 2.40 bits per heavy atom. The fraction of sp³-hybridized carbons (Fsp3) is 0.725. The number of fused-ring (bicyclic) bond motifs is 1. The van der Waals surface area contributed by atoms with E-state index in [1.165, 1.54) is 20.0 Å². The summed E-state index contributed by atoms with van der Waals surface area (Å²) < 4.78 is 25.1. The van der Waals surface area contributed by atoms with Gasteiger partial charge in [-0.3, -0.25) is 9.78 Å². The number of aromatic nitrogens is 1. The van der Waals surface area contributed by atoms with Crippen LogP contribution in [0.4, 0.5) is 0 Å². The number of aliphatic hydroxyl groups excluding tert-OH is 2. The first kappa shape index (κ1) is 43.0. The monoisotopic (exact) mass is 745 g/mol. The topological polar surface area (TPSA) is 171 Å². The third-order valence-corrected chi connectivity index (χ3v) is 11.5. The summed E-state index contributed by atoms with van der Waals surface area (Å²) in [5.74, 6) is -3.52. The number of cyclic esters (lactones) is 1. The summed E-state index contributed by atoms with van der Waals surface area (Å²) in [5, 5.41) is 47.8. The fourth-order valence-corrected chi connectivity index (χ4v) is 8.22. The Bertz CT molecular complexity index is 1540. The van der Waals surface area contributed by atoms with Crippen LogP contribution in [0.1, 0.15) is 85.0 Å². The average molecular weight is 746 g/mol. The number of aliphatic hydroxyl groups is 4. The molecule has 0 amide bonds. The fourth-order valence-electron chi connectivity index (χ4n) is 8.22. The van der Waals surface area contributed by atoms with Gasteiger partial charge in [0.1, 0.15) is 17.8 Å². The Balaban J connectivity index is 1.72. The van der Waals surface area contributed by atoms with Crippen LogP contribution in [-0.2, 0) is 23.7 Å². The number of carbonyl (C=O) groups is 2. The van der Waals surface area contributed by atoms with Gasteiger partial charge in [-0.1, -0.05) is 39.0 Å². The zero-order valence-corrected chi connectivity index (χ0v) is 33.3. The number of para-hydroxylation sites is 1. The molecule has 13 heteroatoms. The van der Waals surface area contributed by atoms with Gasteiger partial charge < -0.3 is 49.2 Å². The number of hydrogen-bond acceptors (Lipinski definition) is 13. The van der Waals surface area contributed by atoms with Crippen LogP contribution in [0.5, 0.6) is 0 Å². The van der Waals surface area contributed by atoms with Gasteiger partial charge in [-0.2, -0.15) is 0 Å². The lowest BCUT2D eigenvalue weighted by Gasteiger charge is -2.47. The molecule has 2 aliphatic rings. The molecule has 4 N–H and O–H groups in total. The van der Waals surface area contributed by atoms with E-state index in [0.717, 1.165) is 10.9 Å². The lowest BCUT2D eigenvalue weighted by Crippen LogP contribution is -2.60. The molecule has 53 heavy (non-hydrogen) atoms. The first-order valence-electron chi connectivity index (χ1n) is 18.9. The van der Waals surface area contributed by atoms with Crippen LogP contribution in [0, 0.1) is 17.8 Å². The van der Waals surface area contributed by atoms with Gasteiger partial charge in [-0.15, -0.1) is 0 Å². The molecule has 0 bridgehead atoms. The Kier molecular flexibility index (Phi) is 14.1. The molecule has 2 fully saturated rings. The highest BCUT2D eigenvalue weighted by molar-refractivity contribution is 5.93. The summed E-state index contributed by atoms with van der Waals surface area (Å²) in [7, 11) is 5.59. The molecule has 4 rings (SSSR count). The Hall–Kier alpha value is -2.75. The SMILES string of the molecule is CC[C@H]1OC(=O)[C@H](C)[C@@H](O)[C@H](C)[C@@H](O[C@@H]2O[C@H](C)C[C@H](N(C)C)[C@H]2OC(=O)c2cnc3ccccc3c2)[C@](C)(O)C[C@@H](C)CN(C)[C@H](C)[C@@H](O)[C@]1(C)O. The van der Waals surface area contributed by atoms with Crippen molar-refractivity contribution in [1.29, 1.82) is 0 Å². The Morgan fingerprint density at radius 1 is 1.09 bits per heavy atom. The van der Waals surface area contributed by atoms with Gasteiger partial charge in [-0.05, 0) is 93.1 Å². The van der Waals surface area contributed by atoms with Crippen LogP contribution in [-0.4, -0.2) is 141 Å². The minimum atomic E-state index is -1.79. The molecule has 0 radical (unpaired) electrons. The highest BCUT2D eigenvalue weighted by Crippen LogP contribution is 2.37. The second-order valence-electron chi connectivity index (χ2n) is 16.4. The van der Waals surface area contributed by atoms with E-state index in [9.17, 15) is 30.0 Å². The van der Waals surface area contributed by atoms with E-state index in [1.54, 1.807) is 33.8 Å². The molecule has 3 heterocycles. The number of likely N-dealkylation sites (N-methyl/N-ethyl adjacent to an activating group) is 2. The van der Waals surface area contributed by atoms with Crippen molar-refractivity contribution in [2.45, 2.75) is 141 Å². The molecule has 0 unspecified atom stereocenters. The van der Waals surface area contributed by atoms with E-state index in [1.807, 2.05) is 69.1 Å². The van der Waals surface area contributed by atoms with Gasteiger partial charge in [0.15, 0.2) is 12.4 Å². The van der Waals surface area contributed by atoms with Gasteiger partial charge in [0.05, 0.1) is 47.0 Å². The lowest BCUT2D eigenvalue weighted by molar-refractivity contribution is -0.298. The maximum absolute atomic E-state index is 13.8. The number of ether oxygens (including phenoxy) is 4. The standard InChI is InChI=1S/C40H63N3O10/c1-12-31-40(8,49)34(45)26(6)43(11)21-22(2)19-39(7,48)35(24(4)32(44)25(5)36(46)51-31)53-38-33(30(42(9)10)17-23(3)50-38)52-37(47)28-18-27-15-13-14-16-29(27)41-20-28/h13-16,18,20,22-26,30-35,38,44-45,48-49H,12,17,19,21H2,1-11H3/t22-,23-,24+,25-,26-,30+,31-,32+,33-,34-,35-,38+,39-,40-/m1/s1. The molecule has 14 atom stereocenters. The second-order valence-corrected chi connectivity index (χ2v) is 16.4. The van der Waals surface area contributed by atoms with Crippen molar-refractivity contribution in [2.24, 2.45) is 17.8 Å². The third-order valence-electron chi connectivity index (χ3n) is 11.5. The zero-order valence-electron chi connectivity index (χ0n) is 33.3. The van der Waals surface area contributed by atoms with Crippen molar-refractivity contribution in [3.63, 3.8) is 0 Å². The van der Waals surface area contributed by atoms with Crippen LogP contribution < -0.4 is 0 Å². The summed E-state index contributed by atoms with van der Waals surface area (Å²) in [6, 6.07) is 8.31. The smallest absolute Gasteiger partial charge is 0.340 e. The van der Waals surface area contributed by atoms with Crippen LogP contribution in [0.3, 0.4) is 0 Å². The number of esters is 2. The number of hydrogen-bond donors (Lipinski definition) is 4. The van der Waals surface area contributed by atoms with E-state index in [2.05, 4.69) is 4.98 Å². The molecule has 0 spiro atoms. The van der Waals surface area contributed by atoms with Gasteiger partial charge in [-0.25, -0.2) is 4.79 Å². The molecule has 298 valence electrons. The number of rotatable bonds is 6. The molecule has 13 nitrogen and oxygen atoms in total. The van der Waals surface area contributed by atoms with E-state index in [4.69, 9.17) is 18.9 Å². The minimum Gasteiger partial charge on any atom is -0.459 e. The molecular weight excluding hydrogens is 682 g/mol. The molecule has 2 saturated heterocycles. The number of benzene rings is 1. The molecule has 0 saturated carbocycles. The number of carbonyl (C=O) groups excluding carboxylic acids is 2. The predicted octanol–water partition coefficient (Wildman–Crippen LogP) is 3.39. The first-order valence-corrected chi connectivity index (χ1v) is 18.9. The minimum absolute atomic E-state index is 0.165. The van der Waals surface area contributed by atoms with Crippen LogP contribution in [0.25, 0.3) is 10.9 Å². The predicted molar refractivity (Wildman–Crippen MR) is 200 cm³/mol. The molecule has 2 aromatic rings. The van der Waals surface area contributed by atoms with E-state index in [-0.39, 0.29) is 36.5 Å². The summed E-state index contributed by atoms with van der Waals surface area (Å²) in [6.45, 7) is 14.1. The van der Waals surface area contributed by atoms with Crippen LogP contribution >= 0.6 is 0 Å². The largest absolute Gasteiger partial charge is 0.459 e. The summed E-state index contributed by atoms with van der Waals surface area (Å²) in [6.07, 6.45) is -4.84. The molecule has 1 aromatic heterocycles. The van der Waals surface area contributed by atoms with Crippen molar-refractivity contribution in [1.82, 2.24) is 14.8 Å². The Labute approximate surface area is 314 Å². The lowest BCUT2D eigenvalue weighted by atomic mass is 9.78. The summed E-state index contributed by atoms with van der Waals surface area (Å²) in [5.41, 5.74) is -2.39. The van der Waals surface area contributed by atoms with Gasteiger partial charge in [0.2, 0.25) is 0 Å². The Morgan fingerprint density at radius 2 is 1.75 bits per heavy atom. The van der Waals surface area contributed by atoms with Crippen molar-refractivity contribution in [3.8, 4) is 0 Å². The quantitative estimate of drug-likeness (QED) is 0.318. The molecule has 2 aliphatic heterocycles. The molecular formula is C40H63N3O10. The van der Waals surface area contributed by atoms with Crippen molar-refractivity contribution in [3.05, 3.63) is 42.1 Å². The second kappa shape index (κ2) is 17.4. The highest BCUT2D eigenvalue weighted by Gasteiger charge is 2.51. The molecule has 1 aromatic carbocycles. The van der Waals surface area contributed by atoms with Crippen LogP contribution in [0.2, 0.25) is 0 Å². The van der Waals surface area contributed by atoms with Gasteiger partial charge >= 0.3 is 11.9 Å². The average Bonchev–Trinajstić information content (AvgIpc) is 3.10. The summed E-state index contributed by atoms with van der Waals surface area (Å²) >= 11 is 0. The van der Waals surface area contributed by atoms with Crippen molar-refractivity contribution >= 4 is 22.8 Å². The number of pyridine rings is 1. The van der Waals surface area contributed by atoms with E-state index < -0.39 is 77.8 Å². The highest BCUT2D eigenvalue weighted by atomic mass is 16.7. The zero-order chi connectivity index (χ0) is 39.6. The third kappa shape index (κ3) is 9.74. The summed E-state index contributed by atoms with van der Waals surface area (Å²) in [4.78, 5) is 35.6. The maximum Gasteiger partial charge on any atom is 0.340 e. The van der Waals surface area contributed by atoms with Crippen molar-refractivity contribution < 1.29 is 49.0 Å².